The molecule has 3 nitrogen and oxygen atoms in total. The number of amides is 1. The van der Waals surface area contributed by atoms with Crippen LogP contribution in [0.2, 0.25) is 0 Å². The van der Waals surface area contributed by atoms with Crippen LogP contribution in [0, 0.1) is 5.92 Å². The van der Waals surface area contributed by atoms with Gasteiger partial charge in [0.05, 0.1) is 5.54 Å². The van der Waals surface area contributed by atoms with Crippen molar-refractivity contribution in [2.75, 3.05) is 18.5 Å². The fourth-order valence-electron chi connectivity index (χ4n) is 3.05. The van der Waals surface area contributed by atoms with Crippen molar-refractivity contribution in [2.45, 2.75) is 56.9 Å². The van der Waals surface area contributed by atoms with Crippen molar-refractivity contribution in [3.05, 3.63) is 0 Å². The number of carbonyl (C=O) groups is 1. The summed E-state index contributed by atoms with van der Waals surface area (Å²) in [5.41, 5.74) is -0.0645. The van der Waals surface area contributed by atoms with Gasteiger partial charge in [0, 0.05) is 25.0 Å². The molecule has 1 amide bonds. The summed E-state index contributed by atoms with van der Waals surface area (Å²) >= 11 is 3.54. The van der Waals surface area contributed by atoms with E-state index in [4.69, 9.17) is 4.74 Å². The lowest BCUT2D eigenvalue weighted by molar-refractivity contribution is -0.124. The smallest absolute Gasteiger partial charge is 0.220 e. The molecule has 1 N–H and O–H groups in total. The van der Waals surface area contributed by atoms with Crippen LogP contribution in [0.4, 0.5) is 0 Å². The topological polar surface area (TPSA) is 38.3 Å². The Balaban J connectivity index is 1.74. The zero-order valence-electron chi connectivity index (χ0n) is 11.0. The van der Waals surface area contributed by atoms with Crippen LogP contribution in [0.3, 0.4) is 0 Å². The molecule has 0 aromatic rings. The van der Waals surface area contributed by atoms with E-state index in [0.29, 0.717) is 6.42 Å². The van der Waals surface area contributed by atoms with Crippen molar-refractivity contribution in [2.24, 2.45) is 5.92 Å². The molecule has 0 atom stereocenters. The van der Waals surface area contributed by atoms with Crippen molar-refractivity contribution in [3.63, 3.8) is 0 Å². The Morgan fingerprint density at radius 1 is 1.28 bits per heavy atom. The maximum atomic E-state index is 12.1. The maximum absolute atomic E-state index is 12.1. The van der Waals surface area contributed by atoms with Gasteiger partial charge >= 0.3 is 0 Å². The van der Waals surface area contributed by atoms with Gasteiger partial charge in [0.2, 0.25) is 5.91 Å². The lowest BCUT2D eigenvalue weighted by Gasteiger charge is -2.36. The molecule has 2 fully saturated rings. The van der Waals surface area contributed by atoms with Crippen LogP contribution in [0.1, 0.15) is 51.4 Å². The van der Waals surface area contributed by atoms with E-state index in [9.17, 15) is 4.79 Å². The Bertz CT molecular complexity index is 271. The van der Waals surface area contributed by atoms with Gasteiger partial charge in [-0.3, -0.25) is 4.79 Å². The van der Waals surface area contributed by atoms with Gasteiger partial charge in [0.25, 0.3) is 0 Å². The molecule has 1 aliphatic heterocycles. The summed E-state index contributed by atoms with van der Waals surface area (Å²) in [7, 11) is 0. The average Bonchev–Trinajstić information content (AvgIpc) is 2.91. The first kappa shape index (κ1) is 14.3. The van der Waals surface area contributed by atoms with E-state index in [1.54, 1.807) is 0 Å². The minimum absolute atomic E-state index is 0.0645. The molecule has 0 spiro atoms. The quantitative estimate of drug-likeness (QED) is 0.791. The van der Waals surface area contributed by atoms with Crippen LogP contribution in [-0.2, 0) is 9.53 Å². The molecule has 2 aliphatic rings. The molecule has 18 heavy (non-hydrogen) atoms. The van der Waals surface area contributed by atoms with E-state index in [0.717, 1.165) is 43.7 Å². The van der Waals surface area contributed by atoms with E-state index < -0.39 is 0 Å². The van der Waals surface area contributed by atoms with Gasteiger partial charge in [-0.2, -0.15) is 0 Å². The second-order valence-corrected chi connectivity index (χ2v) is 6.32. The highest BCUT2D eigenvalue weighted by atomic mass is 79.9. The summed E-state index contributed by atoms with van der Waals surface area (Å²) in [6.45, 7) is 1.52. The fourth-order valence-corrected chi connectivity index (χ4v) is 3.75. The van der Waals surface area contributed by atoms with Gasteiger partial charge in [0.15, 0.2) is 0 Å². The molecule has 104 valence electrons. The number of halogens is 1. The zero-order chi connectivity index (χ0) is 12.8. The third kappa shape index (κ3) is 3.95. The van der Waals surface area contributed by atoms with Crippen molar-refractivity contribution in [1.82, 2.24) is 5.32 Å². The van der Waals surface area contributed by atoms with Crippen LogP contribution in [0.15, 0.2) is 0 Å². The molecule has 0 radical (unpaired) electrons. The molecule has 0 bridgehead atoms. The van der Waals surface area contributed by atoms with Crippen molar-refractivity contribution in [1.29, 1.82) is 0 Å². The number of rotatable bonds is 5. The first-order valence-corrected chi connectivity index (χ1v) is 8.31. The first-order valence-electron chi connectivity index (χ1n) is 7.19. The number of ether oxygens (including phenoxy) is 1. The molecule has 0 aromatic carbocycles. The Hall–Kier alpha value is -0.0900. The normalized spacial score (nSPS) is 24.1. The van der Waals surface area contributed by atoms with Crippen LogP contribution in [0.25, 0.3) is 0 Å². The summed E-state index contributed by atoms with van der Waals surface area (Å²) in [6.07, 6.45) is 8.97. The number of carbonyl (C=O) groups excluding carboxylic acids is 1. The lowest BCUT2D eigenvalue weighted by Crippen LogP contribution is -2.53. The monoisotopic (exact) mass is 317 g/mol. The number of nitrogens with one attached hydrogen (secondary N) is 1. The molecule has 1 saturated heterocycles. The third-order valence-electron chi connectivity index (χ3n) is 4.36. The largest absolute Gasteiger partial charge is 0.381 e. The summed E-state index contributed by atoms with van der Waals surface area (Å²) in [4.78, 5) is 12.1. The molecule has 0 unspecified atom stereocenters. The van der Waals surface area contributed by atoms with E-state index >= 15 is 0 Å². The number of hydrogen-bond acceptors (Lipinski definition) is 2. The molecular formula is C14H24BrNO2. The minimum atomic E-state index is -0.0645. The Morgan fingerprint density at radius 2 is 1.94 bits per heavy atom. The van der Waals surface area contributed by atoms with Gasteiger partial charge in [-0.1, -0.05) is 41.6 Å². The average molecular weight is 318 g/mol. The van der Waals surface area contributed by atoms with Crippen LogP contribution in [-0.4, -0.2) is 30.0 Å². The van der Waals surface area contributed by atoms with Crippen molar-refractivity contribution in [3.8, 4) is 0 Å². The van der Waals surface area contributed by atoms with E-state index in [-0.39, 0.29) is 11.4 Å². The summed E-state index contributed by atoms with van der Waals surface area (Å²) in [6, 6.07) is 0. The van der Waals surface area contributed by atoms with Crippen LogP contribution in [0.5, 0.6) is 0 Å². The molecular weight excluding hydrogens is 294 g/mol. The Morgan fingerprint density at radius 3 is 2.56 bits per heavy atom. The SMILES string of the molecule is O=C(CCC1CCCC1)NC1(CBr)CCOCC1. The zero-order valence-corrected chi connectivity index (χ0v) is 12.6. The molecule has 1 heterocycles. The third-order valence-corrected chi connectivity index (χ3v) is 5.44. The van der Waals surface area contributed by atoms with Crippen molar-refractivity contribution < 1.29 is 9.53 Å². The fraction of sp³-hybridized carbons (Fsp3) is 0.929. The van der Waals surface area contributed by atoms with Gasteiger partial charge in [0.1, 0.15) is 0 Å². The summed E-state index contributed by atoms with van der Waals surface area (Å²) in [5.74, 6) is 1.02. The number of hydrogen-bond donors (Lipinski definition) is 1. The molecule has 0 aromatic heterocycles. The standard InChI is InChI=1S/C14H24BrNO2/c15-11-14(7-9-18-10-8-14)16-13(17)6-5-12-3-1-2-4-12/h12H,1-11H2,(H,16,17). The van der Waals surface area contributed by atoms with Crippen molar-refractivity contribution >= 4 is 21.8 Å². The Kier molecular flexibility index (Phi) is 5.49. The van der Waals surface area contributed by atoms with E-state index in [2.05, 4.69) is 21.2 Å². The van der Waals surface area contributed by atoms with Gasteiger partial charge < -0.3 is 10.1 Å². The second kappa shape index (κ2) is 6.90. The second-order valence-electron chi connectivity index (χ2n) is 5.76. The lowest BCUT2D eigenvalue weighted by atomic mass is 9.92. The van der Waals surface area contributed by atoms with Crippen LogP contribution >= 0.6 is 15.9 Å². The molecule has 1 aliphatic carbocycles. The highest BCUT2D eigenvalue weighted by Crippen LogP contribution is 2.29. The molecule has 1 saturated carbocycles. The van der Waals surface area contributed by atoms with Gasteiger partial charge in [-0.15, -0.1) is 0 Å². The van der Waals surface area contributed by atoms with E-state index in [1.807, 2.05) is 0 Å². The summed E-state index contributed by atoms with van der Waals surface area (Å²) in [5, 5.41) is 4.07. The summed E-state index contributed by atoms with van der Waals surface area (Å²) < 4.78 is 5.38. The highest BCUT2D eigenvalue weighted by Gasteiger charge is 2.33. The predicted molar refractivity (Wildman–Crippen MR) is 75.9 cm³/mol. The van der Waals surface area contributed by atoms with E-state index in [1.165, 1.54) is 25.7 Å². The first-order chi connectivity index (χ1) is 8.74. The Labute approximate surface area is 118 Å². The molecule has 2 rings (SSSR count). The van der Waals surface area contributed by atoms with Gasteiger partial charge in [-0.25, -0.2) is 0 Å². The molecule has 4 heteroatoms. The minimum Gasteiger partial charge on any atom is -0.381 e. The van der Waals surface area contributed by atoms with Gasteiger partial charge in [-0.05, 0) is 25.2 Å². The van der Waals surface area contributed by atoms with Crippen LogP contribution < -0.4 is 5.32 Å². The highest BCUT2D eigenvalue weighted by molar-refractivity contribution is 9.09. The predicted octanol–water partition coefficient (Wildman–Crippen LogP) is 3.02. The number of alkyl halides is 1. The maximum Gasteiger partial charge on any atom is 0.220 e.